The van der Waals surface area contributed by atoms with E-state index in [9.17, 15) is 9.59 Å². The molecule has 19 heavy (non-hydrogen) atoms. The monoisotopic (exact) mass is 272 g/mol. The molecule has 0 aliphatic rings. The zero-order chi connectivity index (χ0) is 15.1. The molecule has 0 aliphatic heterocycles. The predicted octanol–water partition coefficient (Wildman–Crippen LogP) is 1.76. The van der Waals surface area contributed by atoms with Gasteiger partial charge in [-0.1, -0.05) is 27.7 Å². The van der Waals surface area contributed by atoms with Gasteiger partial charge in [0.1, 0.15) is 6.04 Å². The van der Waals surface area contributed by atoms with E-state index in [0.29, 0.717) is 25.3 Å². The molecule has 0 fully saturated rings. The van der Waals surface area contributed by atoms with Gasteiger partial charge in [0.2, 0.25) is 5.91 Å². The van der Waals surface area contributed by atoms with Crippen LogP contribution >= 0.6 is 0 Å². The summed E-state index contributed by atoms with van der Waals surface area (Å²) in [5.41, 5.74) is 5.70. The molecule has 0 saturated carbocycles. The molecule has 0 aromatic rings. The molecule has 4 N–H and O–H groups in total. The van der Waals surface area contributed by atoms with Crippen LogP contribution in [0.3, 0.4) is 0 Å². The fraction of sp³-hybridized carbons (Fsp3) is 0.857. The number of hydrogen-bond acceptors (Lipinski definition) is 3. The Morgan fingerprint density at radius 3 is 2.21 bits per heavy atom. The maximum atomic E-state index is 11.7. The minimum absolute atomic E-state index is 0.108. The highest BCUT2D eigenvalue weighted by Gasteiger charge is 2.25. The zero-order valence-corrected chi connectivity index (χ0v) is 12.5. The van der Waals surface area contributed by atoms with Crippen molar-refractivity contribution < 1.29 is 14.7 Å². The molecule has 5 nitrogen and oxygen atoms in total. The number of aliphatic carboxylic acids is 1. The lowest BCUT2D eigenvalue weighted by molar-refractivity contribution is -0.142. The molecule has 112 valence electrons. The lowest BCUT2D eigenvalue weighted by atomic mass is 9.76. The van der Waals surface area contributed by atoms with Crippen molar-refractivity contribution in [1.29, 1.82) is 0 Å². The summed E-state index contributed by atoms with van der Waals surface area (Å²) in [6.07, 6.45) is 2.37. The lowest BCUT2D eigenvalue weighted by Crippen LogP contribution is -2.40. The maximum Gasteiger partial charge on any atom is 0.326 e. The predicted molar refractivity (Wildman–Crippen MR) is 75.7 cm³/mol. The van der Waals surface area contributed by atoms with Crippen molar-refractivity contribution in [2.24, 2.45) is 17.1 Å². The second-order valence-corrected chi connectivity index (χ2v) is 6.05. The number of hydrogen-bond donors (Lipinski definition) is 3. The van der Waals surface area contributed by atoms with E-state index in [1.807, 2.05) is 0 Å². The third-order valence-electron chi connectivity index (χ3n) is 3.50. The number of nitrogens with one attached hydrogen (secondary N) is 1. The Bertz CT molecular complexity index is 298. The van der Waals surface area contributed by atoms with Gasteiger partial charge < -0.3 is 16.2 Å². The maximum absolute atomic E-state index is 11.7. The summed E-state index contributed by atoms with van der Waals surface area (Å²) in [7, 11) is 0. The average molecular weight is 272 g/mol. The second-order valence-electron chi connectivity index (χ2n) is 6.05. The number of carbonyl (C=O) groups excluding carboxylic acids is 1. The Hall–Kier alpha value is -1.10. The first-order chi connectivity index (χ1) is 8.72. The standard InChI is InChI=1S/C14H28N2O3/c1-5-11(13(18)19)16-12(17)7-6-10(8-9-15)14(2,3)4/h10-11H,5-9,15H2,1-4H3,(H,16,17)(H,18,19). The van der Waals surface area contributed by atoms with Crippen LogP contribution in [-0.2, 0) is 9.59 Å². The van der Waals surface area contributed by atoms with Crippen LogP contribution < -0.4 is 11.1 Å². The molecule has 0 aromatic carbocycles. The molecular formula is C14H28N2O3. The smallest absolute Gasteiger partial charge is 0.326 e. The molecule has 2 atom stereocenters. The van der Waals surface area contributed by atoms with Gasteiger partial charge in [0.15, 0.2) is 0 Å². The van der Waals surface area contributed by atoms with Crippen LogP contribution in [-0.4, -0.2) is 29.6 Å². The highest BCUT2D eigenvalue weighted by molar-refractivity contribution is 5.83. The van der Waals surface area contributed by atoms with Crippen LogP contribution in [0.15, 0.2) is 0 Å². The van der Waals surface area contributed by atoms with Crippen LogP contribution in [0.5, 0.6) is 0 Å². The van der Waals surface area contributed by atoms with Crippen molar-refractivity contribution in [1.82, 2.24) is 5.32 Å². The molecule has 0 heterocycles. The Labute approximate surface area is 115 Å². The zero-order valence-electron chi connectivity index (χ0n) is 12.5. The van der Waals surface area contributed by atoms with Crippen LogP contribution in [0.4, 0.5) is 0 Å². The summed E-state index contributed by atoms with van der Waals surface area (Å²) in [6, 6.07) is -0.782. The van der Waals surface area contributed by atoms with E-state index >= 15 is 0 Å². The molecule has 5 heteroatoms. The molecule has 0 bridgehead atoms. The van der Waals surface area contributed by atoms with E-state index in [1.54, 1.807) is 6.92 Å². The first-order valence-electron chi connectivity index (χ1n) is 6.94. The molecule has 0 aromatic heterocycles. The van der Waals surface area contributed by atoms with Gasteiger partial charge in [-0.2, -0.15) is 0 Å². The van der Waals surface area contributed by atoms with Crippen LogP contribution in [0, 0.1) is 11.3 Å². The van der Waals surface area contributed by atoms with Gasteiger partial charge in [-0.25, -0.2) is 4.79 Å². The van der Waals surface area contributed by atoms with Gasteiger partial charge in [0, 0.05) is 6.42 Å². The lowest BCUT2D eigenvalue weighted by Gasteiger charge is -2.30. The van der Waals surface area contributed by atoms with Crippen LogP contribution in [0.25, 0.3) is 0 Å². The minimum atomic E-state index is -0.981. The third kappa shape index (κ3) is 7.15. The summed E-state index contributed by atoms with van der Waals surface area (Å²) in [5.74, 6) is -0.807. The van der Waals surface area contributed by atoms with E-state index in [4.69, 9.17) is 10.8 Å². The number of carboxylic acid groups (broad SMARTS) is 1. The first-order valence-corrected chi connectivity index (χ1v) is 6.94. The molecule has 0 aliphatic carbocycles. The highest BCUT2D eigenvalue weighted by Crippen LogP contribution is 2.31. The van der Waals surface area contributed by atoms with E-state index in [2.05, 4.69) is 26.1 Å². The van der Waals surface area contributed by atoms with E-state index < -0.39 is 12.0 Å². The Morgan fingerprint density at radius 1 is 1.26 bits per heavy atom. The van der Waals surface area contributed by atoms with Crippen molar-refractivity contribution in [2.45, 2.75) is 59.4 Å². The molecule has 0 saturated heterocycles. The summed E-state index contributed by atoms with van der Waals surface area (Å²) >= 11 is 0. The molecule has 1 amide bonds. The van der Waals surface area contributed by atoms with Gasteiger partial charge in [-0.05, 0) is 37.1 Å². The largest absolute Gasteiger partial charge is 0.480 e. The third-order valence-corrected chi connectivity index (χ3v) is 3.50. The number of amides is 1. The van der Waals surface area contributed by atoms with Gasteiger partial charge in [0.25, 0.3) is 0 Å². The van der Waals surface area contributed by atoms with Crippen molar-refractivity contribution in [2.75, 3.05) is 6.54 Å². The van der Waals surface area contributed by atoms with Crippen molar-refractivity contribution in [3.8, 4) is 0 Å². The summed E-state index contributed by atoms with van der Waals surface area (Å²) in [5, 5.41) is 11.4. The molecular weight excluding hydrogens is 244 g/mol. The first kappa shape index (κ1) is 17.9. The summed E-state index contributed by atoms with van der Waals surface area (Å²) in [6.45, 7) is 8.76. The van der Waals surface area contributed by atoms with Crippen molar-refractivity contribution in [3.63, 3.8) is 0 Å². The van der Waals surface area contributed by atoms with Gasteiger partial charge >= 0.3 is 5.97 Å². The van der Waals surface area contributed by atoms with E-state index in [-0.39, 0.29) is 11.3 Å². The molecule has 2 unspecified atom stereocenters. The fourth-order valence-corrected chi connectivity index (χ4v) is 2.12. The second kappa shape index (κ2) is 8.15. The van der Waals surface area contributed by atoms with Gasteiger partial charge in [-0.3, -0.25) is 4.79 Å². The van der Waals surface area contributed by atoms with Gasteiger partial charge in [-0.15, -0.1) is 0 Å². The highest BCUT2D eigenvalue weighted by atomic mass is 16.4. The van der Waals surface area contributed by atoms with E-state index in [1.165, 1.54) is 0 Å². The average Bonchev–Trinajstić information content (AvgIpc) is 2.29. The molecule has 0 rings (SSSR count). The number of carbonyl (C=O) groups is 2. The fourth-order valence-electron chi connectivity index (χ4n) is 2.12. The van der Waals surface area contributed by atoms with Crippen molar-refractivity contribution in [3.05, 3.63) is 0 Å². The number of rotatable bonds is 8. The van der Waals surface area contributed by atoms with Crippen LogP contribution in [0.2, 0.25) is 0 Å². The topological polar surface area (TPSA) is 92.4 Å². The SMILES string of the molecule is CCC(NC(=O)CCC(CCN)C(C)(C)C)C(=O)O. The summed E-state index contributed by atoms with van der Waals surface area (Å²) < 4.78 is 0. The van der Waals surface area contributed by atoms with Crippen LogP contribution in [0.1, 0.15) is 53.4 Å². The Morgan fingerprint density at radius 2 is 1.84 bits per heavy atom. The quantitative estimate of drug-likeness (QED) is 0.627. The number of nitrogens with two attached hydrogens (primary N) is 1. The Kier molecular flexibility index (Phi) is 7.68. The van der Waals surface area contributed by atoms with E-state index in [0.717, 1.165) is 12.8 Å². The van der Waals surface area contributed by atoms with Crippen molar-refractivity contribution >= 4 is 11.9 Å². The summed E-state index contributed by atoms with van der Waals surface area (Å²) in [4.78, 5) is 22.6. The normalized spacial score (nSPS) is 14.8. The molecule has 0 spiro atoms. The Balaban J connectivity index is 4.29. The van der Waals surface area contributed by atoms with Gasteiger partial charge in [0.05, 0.1) is 0 Å². The number of carboxylic acids is 1. The molecule has 0 radical (unpaired) electrons. The minimum Gasteiger partial charge on any atom is -0.480 e.